The van der Waals surface area contributed by atoms with E-state index in [9.17, 15) is 19.4 Å². The van der Waals surface area contributed by atoms with Gasteiger partial charge in [-0.15, -0.1) is 0 Å². The number of nitrogens with one attached hydrogen (secondary N) is 1. The molecular formula is C14H21N6O7P. The number of hydrogen-bond acceptors (Lipinski definition) is 9. The number of nitrogens with two attached hydrogens (primary N) is 1. The molecule has 2 aliphatic heterocycles. The van der Waals surface area contributed by atoms with Gasteiger partial charge in [0, 0.05) is 19.5 Å². The second-order valence-electron chi connectivity index (χ2n) is 6.56. The number of aliphatic hydroxyl groups is 1. The Hall–Kier alpha value is -1.86. The number of fused-ring (bicyclic) bond motifs is 1. The number of nitrogens with zero attached hydrogens (tertiary/aromatic N) is 4. The molecule has 0 radical (unpaired) electrons. The van der Waals surface area contributed by atoms with Gasteiger partial charge in [0.15, 0.2) is 11.2 Å². The Kier molecular flexibility index (Phi) is 5.22. The third-order valence-corrected chi connectivity index (χ3v) is 6.32. The molecule has 13 nitrogen and oxygen atoms in total. The van der Waals surface area contributed by atoms with Crippen LogP contribution in [0.1, 0.15) is 12.6 Å². The lowest BCUT2D eigenvalue weighted by Crippen LogP contribution is -2.35. The highest BCUT2D eigenvalue weighted by atomic mass is 31.2. The summed E-state index contributed by atoms with van der Waals surface area (Å²) in [5.41, 5.74) is 5.42. The number of hydrogen-bond donors (Lipinski definition) is 4. The minimum atomic E-state index is -4.01. The van der Waals surface area contributed by atoms with Crippen molar-refractivity contribution in [2.75, 3.05) is 38.6 Å². The van der Waals surface area contributed by atoms with Crippen molar-refractivity contribution in [1.29, 1.82) is 0 Å². The third-order valence-electron chi connectivity index (χ3n) is 4.72. The number of aromatic nitrogens is 4. The first-order valence-electron chi connectivity index (χ1n) is 8.71. The van der Waals surface area contributed by atoms with Crippen molar-refractivity contribution in [3.05, 3.63) is 16.7 Å². The van der Waals surface area contributed by atoms with Gasteiger partial charge in [-0.25, -0.2) is 14.2 Å². The highest BCUT2D eigenvalue weighted by molar-refractivity contribution is 7.50. The van der Waals surface area contributed by atoms with Gasteiger partial charge in [0.1, 0.15) is 12.3 Å². The van der Waals surface area contributed by atoms with Gasteiger partial charge in [-0.2, -0.15) is 4.98 Å². The number of aliphatic hydroxyl groups excluding tert-OH is 1. The molecule has 4 atom stereocenters. The van der Waals surface area contributed by atoms with E-state index in [2.05, 4.69) is 15.0 Å². The summed E-state index contributed by atoms with van der Waals surface area (Å²) >= 11 is 0. The molecule has 2 aromatic rings. The van der Waals surface area contributed by atoms with E-state index < -0.39 is 31.7 Å². The van der Waals surface area contributed by atoms with Crippen molar-refractivity contribution >= 4 is 24.9 Å². The minimum Gasteiger partial charge on any atom is -0.390 e. The predicted molar refractivity (Wildman–Crippen MR) is 95.3 cm³/mol. The molecule has 154 valence electrons. The average Bonchev–Trinajstić information content (AvgIpc) is 3.24. The number of imidazole rings is 1. The zero-order chi connectivity index (χ0) is 19.9. The van der Waals surface area contributed by atoms with Crippen molar-refractivity contribution in [3.63, 3.8) is 0 Å². The van der Waals surface area contributed by atoms with Gasteiger partial charge in [0.25, 0.3) is 5.56 Å². The number of anilines is 1. The van der Waals surface area contributed by atoms with Crippen LogP contribution in [0, 0.1) is 0 Å². The summed E-state index contributed by atoms with van der Waals surface area (Å²) < 4.78 is 31.3. The summed E-state index contributed by atoms with van der Waals surface area (Å²) in [6.45, 7) is 0.995. The highest BCUT2D eigenvalue weighted by Crippen LogP contribution is 2.47. The standard InChI is InChI=1S/C14H21N6O7P/c15-14-17-12-11(13(22)18-14)16-7-20(12)10-5-8(21)9(27-10)6-26-28(23,24)19-1-3-25-4-2-19/h7-10,21H,1-6H2,(H,23,24)(H3,15,17,18,22)/t8-,9+,10+/m0/s1. The zero-order valence-electron chi connectivity index (χ0n) is 14.8. The largest absolute Gasteiger partial charge is 0.405 e. The molecule has 0 amide bonds. The van der Waals surface area contributed by atoms with E-state index in [0.717, 1.165) is 0 Å². The molecule has 5 N–H and O–H groups in total. The number of H-pyrrole nitrogens is 1. The molecular weight excluding hydrogens is 395 g/mol. The average molecular weight is 416 g/mol. The van der Waals surface area contributed by atoms with Crippen LogP contribution in [0.2, 0.25) is 0 Å². The van der Waals surface area contributed by atoms with Gasteiger partial charge >= 0.3 is 7.75 Å². The molecule has 2 fully saturated rings. The summed E-state index contributed by atoms with van der Waals surface area (Å²) in [4.78, 5) is 32.4. The first kappa shape index (κ1) is 19.5. The maximum atomic E-state index is 12.4. The molecule has 2 saturated heterocycles. The maximum Gasteiger partial charge on any atom is 0.405 e. The van der Waals surface area contributed by atoms with Gasteiger partial charge in [0.05, 0.1) is 32.3 Å². The van der Waals surface area contributed by atoms with E-state index in [1.807, 2.05) is 0 Å². The van der Waals surface area contributed by atoms with Gasteiger partial charge in [-0.05, 0) is 0 Å². The minimum absolute atomic E-state index is 0.0654. The van der Waals surface area contributed by atoms with Gasteiger partial charge in [-0.1, -0.05) is 0 Å². The summed E-state index contributed by atoms with van der Waals surface area (Å²) in [6, 6.07) is 0. The van der Waals surface area contributed by atoms with E-state index in [0.29, 0.717) is 13.2 Å². The van der Waals surface area contributed by atoms with Crippen LogP contribution in [0.15, 0.2) is 11.1 Å². The molecule has 0 aromatic carbocycles. The predicted octanol–water partition coefficient (Wildman–Crippen LogP) is -1.20. The number of ether oxygens (including phenoxy) is 2. The van der Waals surface area contributed by atoms with E-state index in [1.165, 1.54) is 15.6 Å². The van der Waals surface area contributed by atoms with Crippen LogP contribution in [0.5, 0.6) is 0 Å². The van der Waals surface area contributed by atoms with Crippen LogP contribution >= 0.6 is 7.75 Å². The molecule has 0 aliphatic carbocycles. The van der Waals surface area contributed by atoms with E-state index in [-0.39, 0.29) is 43.2 Å². The first-order chi connectivity index (χ1) is 13.3. The fourth-order valence-corrected chi connectivity index (χ4v) is 4.42. The summed E-state index contributed by atoms with van der Waals surface area (Å²) in [6.07, 6.45) is -0.905. The van der Waals surface area contributed by atoms with E-state index in [4.69, 9.17) is 19.7 Å². The quantitative estimate of drug-likeness (QED) is 0.430. The van der Waals surface area contributed by atoms with Crippen molar-refractivity contribution in [2.45, 2.75) is 24.9 Å². The first-order valence-corrected chi connectivity index (χ1v) is 10.2. The molecule has 0 bridgehead atoms. The lowest BCUT2D eigenvalue weighted by Gasteiger charge is -2.30. The highest BCUT2D eigenvalue weighted by Gasteiger charge is 2.39. The molecule has 0 spiro atoms. The number of morpholine rings is 1. The van der Waals surface area contributed by atoms with Crippen molar-refractivity contribution < 1.29 is 28.6 Å². The van der Waals surface area contributed by atoms with Crippen LogP contribution in [0.3, 0.4) is 0 Å². The Labute approximate surface area is 158 Å². The Balaban J connectivity index is 1.45. The third kappa shape index (κ3) is 3.70. The van der Waals surface area contributed by atoms with Gasteiger partial charge in [0.2, 0.25) is 5.95 Å². The van der Waals surface area contributed by atoms with Crippen LogP contribution in [0.25, 0.3) is 11.2 Å². The van der Waals surface area contributed by atoms with Crippen molar-refractivity contribution in [3.8, 4) is 0 Å². The second kappa shape index (κ2) is 7.52. The Bertz CT molecular complexity index is 957. The molecule has 0 saturated carbocycles. The van der Waals surface area contributed by atoms with Gasteiger partial charge < -0.3 is 25.2 Å². The Morgan fingerprint density at radius 2 is 2.18 bits per heavy atom. The summed E-state index contributed by atoms with van der Waals surface area (Å²) in [5.74, 6) is -0.0654. The van der Waals surface area contributed by atoms with Crippen LogP contribution < -0.4 is 11.3 Å². The fraction of sp³-hybridized carbons (Fsp3) is 0.643. The normalized spacial score (nSPS) is 28.6. The Morgan fingerprint density at radius 1 is 1.43 bits per heavy atom. The summed E-state index contributed by atoms with van der Waals surface area (Å²) in [7, 11) is -4.01. The maximum absolute atomic E-state index is 12.4. The van der Waals surface area contributed by atoms with Crippen LogP contribution in [-0.2, 0) is 18.6 Å². The van der Waals surface area contributed by atoms with Crippen molar-refractivity contribution in [2.24, 2.45) is 0 Å². The molecule has 2 aromatic heterocycles. The monoisotopic (exact) mass is 416 g/mol. The van der Waals surface area contributed by atoms with E-state index in [1.54, 1.807) is 0 Å². The molecule has 1 unspecified atom stereocenters. The molecule has 4 heterocycles. The molecule has 14 heteroatoms. The topological polar surface area (TPSA) is 178 Å². The molecule has 4 rings (SSSR count). The number of aromatic amines is 1. The smallest absolute Gasteiger partial charge is 0.390 e. The van der Waals surface area contributed by atoms with Crippen molar-refractivity contribution in [1.82, 2.24) is 24.2 Å². The lowest BCUT2D eigenvalue weighted by atomic mass is 10.2. The molecule has 28 heavy (non-hydrogen) atoms. The lowest BCUT2D eigenvalue weighted by molar-refractivity contribution is -0.0430. The SMILES string of the molecule is Nc1nc2c(ncn2[C@H]2C[C@H](O)[C@@H](COP(=O)(O)N3CCOCC3)O2)c(=O)[nH]1. The molecule has 2 aliphatic rings. The number of nitrogen functional groups attached to an aromatic ring is 1. The second-order valence-corrected chi connectivity index (χ2v) is 8.36. The van der Waals surface area contributed by atoms with Crippen LogP contribution in [-0.4, -0.2) is 79.3 Å². The van der Waals surface area contributed by atoms with Crippen LogP contribution in [0.4, 0.5) is 5.95 Å². The Morgan fingerprint density at radius 3 is 2.93 bits per heavy atom. The summed E-state index contributed by atoms with van der Waals surface area (Å²) in [5, 5.41) is 10.3. The fourth-order valence-electron chi connectivity index (χ4n) is 3.25. The van der Waals surface area contributed by atoms with Gasteiger partial charge in [-0.3, -0.25) is 18.9 Å². The number of rotatable bonds is 5. The van der Waals surface area contributed by atoms with E-state index >= 15 is 0 Å². The zero-order valence-corrected chi connectivity index (χ0v) is 15.7.